The molecule has 0 spiro atoms. The third-order valence-corrected chi connectivity index (χ3v) is 3.78. The van der Waals surface area contributed by atoms with Gasteiger partial charge >= 0.3 is 0 Å². The fraction of sp³-hybridized carbons (Fsp3) is 0.333. The van der Waals surface area contributed by atoms with Gasteiger partial charge in [0, 0.05) is 19.3 Å². The fourth-order valence-electron chi connectivity index (χ4n) is 1.85. The van der Waals surface area contributed by atoms with Gasteiger partial charge in [-0.05, 0) is 41.4 Å². The van der Waals surface area contributed by atoms with E-state index in [1.54, 1.807) is 6.33 Å². The molecule has 0 fully saturated rings. The quantitative estimate of drug-likeness (QED) is 0.892. The lowest BCUT2D eigenvalue weighted by Gasteiger charge is -2.20. The van der Waals surface area contributed by atoms with E-state index in [4.69, 9.17) is 0 Å². The predicted molar refractivity (Wildman–Crippen MR) is 87.8 cm³/mol. The molecule has 2 aromatic rings. The summed E-state index contributed by atoms with van der Waals surface area (Å²) in [5.41, 5.74) is 2.34. The van der Waals surface area contributed by atoms with Crippen LogP contribution in [0.4, 0.5) is 17.3 Å². The topological polar surface area (TPSA) is 41.1 Å². The highest BCUT2D eigenvalue weighted by Crippen LogP contribution is 2.32. The molecule has 20 heavy (non-hydrogen) atoms. The van der Waals surface area contributed by atoms with E-state index in [0.29, 0.717) is 0 Å². The minimum Gasteiger partial charge on any atom is -0.369 e. The molecule has 1 N–H and O–H groups in total. The van der Waals surface area contributed by atoms with Crippen LogP contribution < -0.4 is 10.2 Å². The highest BCUT2D eigenvalue weighted by Gasteiger charge is 2.13. The Morgan fingerprint density at radius 1 is 1.20 bits per heavy atom. The summed E-state index contributed by atoms with van der Waals surface area (Å²) < 4.78 is 0.886. The summed E-state index contributed by atoms with van der Waals surface area (Å²) in [6, 6.07) is 8.36. The monoisotopic (exact) mass is 334 g/mol. The second kappa shape index (κ2) is 6.70. The number of aromatic nitrogens is 2. The second-order valence-corrected chi connectivity index (χ2v) is 5.47. The zero-order valence-corrected chi connectivity index (χ0v) is 13.6. The molecule has 2 rings (SSSR count). The Kier molecular flexibility index (Phi) is 4.95. The van der Waals surface area contributed by atoms with Crippen LogP contribution in [-0.4, -0.2) is 23.6 Å². The van der Waals surface area contributed by atoms with Crippen LogP contribution in [0.2, 0.25) is 0 Å². The molecule has 0 aliphatic carbocycles. The van der Waals surface area contributed by atoms with Crippen LogP contribution in [0.1, 0.15) is 18.9 Å². The van der Waals surface area contributed by atoms with Crippen molar-refractivity contribution in [3.05, 3.63) is 40.6 Å². The Balaban J connectivity index is 2.29. The van der Waals surface area contributed by atoms with Crippen LogP contribution in [0, 0.1) is 6.92 Å². The Morgan fingerprint density at radius 2 is 1.90 bits per heavy atom. The van der Waals surface area contributed by atoms with E-state index in [2.05, 4.69) is 69.3 Å². The largest absolute Gasteiger partial charge is 0.369 e. The number of aryl methyl sites for hydroxylation is 1. The van der Waals surface area contributed by atoms with E-state index in [9.17, 15) is 0 Å². The van der Waals surface area contributed by atoms with Crippen molar-refractivity contribution >= 4 is 33.3 Å². The number of nitrogens with zero attached hydrogens (tertiary/aromatic N) is 3. The summed E-state index contributed by atoms with van der Waals surface area (Å²) >= 11 is 3.59. The van der Waals surface area contributed by atoms with Crippen molar-refractivity contribution < 1.29 is 0 Å². The Bertz CT molecular complexity index is 569. The fourth-order valence-corrected chi connectivity index (χ4v) is 2.46. The first kappa shape index (κ1) is 14.8. The molecule has 5 heteroatoms. The summed E-state index contributed by atoms with van der Waals surface area (Å²) in [4.78, 5) is 10.7. The molecule has 0 unspecified atom stereocenters. The smallest absolute Gasteiger partial charge is 0.152 e. The molecule has 0 amide bonds. The van der Waals surface area contributed by atoms with Gasteiger partial charge in [0.15, 0.2) is 5.82 Å². The van der Waals surface area contributed by atoms with E-state index in [-0.39, 0.29) is 0 Å². The van der Waals surface area contributed by atoms with Crippen molar-refractivity contribution in [3.63, 3.8) is 0 Å². The van der Waals surface area contributed by atoms with Crippen molar-refractivity contribution in [1.29, 1.82) is 0 Å². The Hall–Kier alpha value is -1.62. The van der Waals surface area contributed by atoms with Gasteiger partial charge in [-0.2, -0.15) is 0 Å². The van der Waals surface area contributed by atoms with Crippen LogP contribution in [0.15, 0.2) is 35.1 Å². The highest BCUT2D eigenvalue weighted by atomic mass is 79.9. The van der Waals surface area contributed by atoms with Gasteiger partial charge in [-0.25, -0.2) is 9.97 Å². The summed E-state index contributed by atoms with van der Waals surface area (Å²) in [6.45, 7) is 5.10. The van der Waals surface area contributed by atoms with Gasteiger partial charge < -0.3 is 10.2 Å². The number of benzene rings is 1. The average molecular weight is 335 g/mol. The molecule has 0 bridgehead atoms. The van der Waals surface area contributed by atoms with E-state index >= 15 is 0 Å². The molecule has 0 saturated carbocycles. The molecular weight excluding hydrogens is 316 g/mol. The van der Waals surface area contributed by atoms with Crippen molar-refractivity contribution in [2.75, 3.05) is 23.8 Å². The molecular formula is C15H19BrN4. The lowest BCUT2D eigenvalue weighted by Crippen LogP contribution is -2.14. The van der Waals surface area contributed by atoms with Crippen molar-refractivity contribution in [2.45, 2.75) is 20.3 Å². The maximum atomic E-state index is 4.37. The van der Waals surface area contributed by atoms with Gasteiger partial charge in [-0.1, -0.05) is 24.6 Å². The van der Waals surface area contributed by atoms with E-state index in [1.807, 2.05) is 11.9 Å². The lowest BCUT2D eigenvalue weighted by molar-refractivity contribution is 0.958. The first-order valence-electron chi connectivity index (χ1n) is 6.68. The summed E-state index contributed by atoms with van der Waals surface area (Å²) in [5.74, 6) is 1.68. The number of hydrogen-bond donors (Lipinski definition) is 1. The zero-order chi connectivity index (χ0) is 14.5. The van der Waals surface area contributed by atoms with E-state index < -0.39 is 0 Å². The van der Waals surface area contributed by atoms with E-state index in [1.165, 1.54) is 5.56 Å². The maximum Gasteiger partial charge on any atom is 0.152 e. The summed E-state index contributed by atoms with van der Waals surface area (Å²) in [5, 5.41) is 3.29. The lowest BCUT2D eigenvalue weighted by atomic mass is 10.2. The second-order valence-electron chi connectivity index (χ2n) is 4.68. The minimum atomic E-state index is 0.829. The standard InChI is InChI=1S/C15H19BrN4/c1-4-9-17-14-13(16)15(19-10-18-14)20(3)12-7-5-11(2)6-8-12/h5-8,10H,4,9H2,1-3H3,(H,17,18,19). The molecule has 1 aromatic heterocycles. The number of hydrogen-bond acceptors (Lipinski definition) is 4. The van der Waals surface area contributed by atoms with Gasteiger partial charge in [0.25, 0.3) is 0 Å². The summed E-state index contributed by atoms with van der Waals surface area (Å²) in [7, 11) is 2.00. The molecule has 0 aliphatic heterocycles. The van der Waals surface area contributed by atoms with Crippen molar-refractivity contribution in [1.82, 2.24) is 9.97 Å². The normalized spacial score (nSPS) is 10.4. The van der Waals surface area contributed by atoms with Crippen LogP contribution in [0.3, 0.4) is 0 Å². The summed E-state index contributed by atoms with van der Waals surface area (Å²) in [6.07, 6.45) is 2.64. The Labute approximate surface area is 128 Å². The van der Waals surface area contributed by atoms with Crippen LogP contribution in [-0.2, 0) is 0 Å². The first-order valence-corrected chi connectivity index (χ1v) is 7.47. The third kappa shape index (κ3) is 3.28. The molecule has 106 valence electrons. The average Bonchev–Trinajstić information content (AvgIpc) is 2.46. The minimum absolute atomic E-state index is 0.829. The SMILES string of the molecule is CCCNc1ncnc(N(C)c2ccc(C)cc2)c1Br. The van der Waals surface area contributed by atoms with Crippen molar-refractivity contribution in [3.8, 4) is 0 Å². The molecule has 0 atom stereocenters. The molecule has 4 nitrogen and oxygen atoms in total. The van der Waals surface area contributed by atoms with Gasteiger partial charge in [-0.3, -0.25) is 0 Å². The van der Waals surface area contributed by atoms with Crippen LogP contribution >= 0.6 is 15.9 Å². The number of nitrogens with one attached hydrogen (secondary N) is 1. The molecule has 0 radical (unpaired) electrons. The van der Waals surface area contributed by atoms with Gasteiger partial charge in [0.1, 0.15) is 16.6 Å². The molecule has 1 heterocycles. The number of anilines is 3. The molecule has 0 saturated heterocycles. The van der Waals surface area contributed by atoms with Crippen LogP contribution in [0.5, 0.6) is 0 Å². The van der Waals surface area contributed by atoms with Gasteiger partial charge in [0.2, 0.25) is 0 Å². The van der Waals surface area contributed by atoms with Gasteiger partial charge in [0.05, 0.1) is 0 Å². The number of halogens is 1. The third-order valence-electron chi connectivity index (χ3n) is 3.05. The Morgan fingerprint density at radius 3 is 2.55 bits per heavy atom. The predicted octanol–water partition coefficient (Wildman–Crippen LogP) is 4.14. The maximum absolute atomic E-state index is 4.37. The van der Waals surface area contributed by atoms with Crippen LogP contribution in [0.25, 0.3) is 0 Å². The van der Waals surface area contributed by atoms with Crippen molar-refractivity contribution in [2.24, 2.45) is 0 Å². The molecule has 1 aromatic carbocycles. The zero-order valence-electron chi connectivity index (χ0n) is 12.0. The van der Waals surface area contributed by atoms with Gasteiger partial charge in [-0.15, -0.1) is 0 Å². The highest BCUT2D eigenvalue weighted by molar-refractivity contribution is 9.10. The first-order chi connectivity index (χ1) is 9.63. The molecule has 0 aliphatic rings. The van der Waals surface area contributed by atoms with E-state index in [0.717, 1.165) is 34.8 Å². The number of rotatable bonds is 5.